The molecule has 0 fully saturated rings. The van der Waals surface area contributed by atoms with Crippen LogP contribution in [0.3, 0.4) is 0 Å². The first-order chi connectivity index (χ1) is 5.12. The third-order valence-electron chi connectivity index (χ3n) is 1.18. The van der Waals surface area contributed by atoms with E-state index >= 15 is 0 Å². The summed E-state index contributed by atoms with van der Waals surface area (Å²) in [4.78, 5) is 0. The van der Waals surface area contributed by atoms with Gasteiger partial charge in [0, 0.05) is 0 Å². The zero-order valence-electron chi connectivity index (χ0n) is 6.87. The van der Waals surface area contributed by atoms with Gasteiger partial charge in [-0.1, -0.05) is 19.8 Å². The van der Waals surface area contributed by atoms with Crippen LogP contribution in [0.25, 0.3) is 0 Å². The minimum absolute atomic E-state index is 0.212. The summed E-state index contributed by atoms with van der Waals surface area (Å²) < 4.78 is 29.5. The van der Waals surface area contributed by atoms with Crippen molar-refractivity contribution in [3.05, 3.63) is 0 Å². The van der Waals surface area contributed by atoms with E-state index in [4.69, 9.17) is 0 Å². The van der Waals surface area contributed by atoms with Gasteiger partial charge in [0.25, 0.3) is 0 Å². The second kappa shape index (κ2) is 5.51. The molecule has 0 saturated heterocycles. The smallest absolute Gasteiger partial charge is 0.252 e. The van der Waals surface area contributed by atoms with E-state index in [0.717, 1.165) is 26.4 Å². The average molecular weight is 182 g/mol. The molecule has 4 nitrogen and oxygen atoms in total. The van der Waals surface area contributed by atoms with Crippen LogP contribution in [0.15, 0.2) is 0 Å². The molecule has 0 rings (SSSR count). The van der Waals surface area contributed by atoms with Gasteiger partial charge in [-0.05, 0) is 6.42 Å². The lowest BCUT2D eigenvalue weighted by molar-refractivity contribution is 0.239. The van der Waals surface area contributed by atoms with Crippen molar-refractivity contribution in [2.45, 2.75) is 26.2 Å². The molecule has 0 aromatic heterocycles. The minimum atomic E-state index is -3.70. The van der Waals surface area contributed by atoms with Crippen LogP contribution >= 0.6 is 0 Å². The fourth-order valence-corrected chi connectivity index (χ4v) is 0.979. The first-order valence-electron chi connectivity index (χ1n) is 3.57. The van der Waals surface area contributed by atoms with Crippen molar-refractivity contribution in [1.29, 1.82) is 0 Å². The highest BCUT2D eigenvalue weighted by atomic mass is 32.3. The summed E-state index contributed by atoms with van der Waals surface area (Å²) >= 11 is 0. The predicted octanol–water partition coefficient (Wildman–Crippen LogP) is 1.08. The van der Waals surface area contributed by atoms with Crippen LogP contribution in [0.2, 0.25) is 0 Å². The minimum Gasteiger partial charge on any atom is -0.252 e. The van der Waals surface area contributed by atoms with Gasteiger partial charge in [0.05, 0.1) is 13.7 Å². The molecule has 0 aromatic carbocycles. The summed E-state index contributed by atoms with van der Waals surface area (Å²) in [5.41, 5.74) is 0. The second-order valence-corrected chi connectivity index (χ2v) is 3.49. The van der Waals surface area contributed by atoms with Crippen molar-refractivity contribution >= 4 is 10.4 Å². The fourth-order valence-electron chi connectivity index (χ4n) is 0.561. The highest BCUT2D eigenvalue weighted by Crippen LogP contribution is 1.98. The zero-order chi connectivity index (χ0) is 8.74. The first kappa shape index (κ1) is 10.9. The molecule has 0 aliphatic rings. The van der Waals surface area contributed by atoms with E-state index in [-0.39, 0.29) is 6.61 Å². The highest BCUT2D eigenvalue weighted by molar-refractivity contribution is 7.81. The maximum atomic E-state index is 10.5. The summed E-state index contributed by atoms with van der Waals surface area (Å²) in [6.45, 7) is 2.24. The van der Waals surface area contributed by atoms with Gasteiger partial charge in [0.1, 0.15) is 0 Å². The molecular formula is C6H14O4S. The van der Waals surface area contributed by atoms with Crippen LogP contribution in [0.4, 0.5) is 0 Å². The van der Waals surface area contributed by atoms with Crippen LogP contribution in [0.1, 0.15) is 26.2 Å². The summed E-state index contributed by atoms with van der Waals surface area (Å²) in [5.74, 6) is 0. The van der Waals surface area contributed by atoms with Crippen molar-refractivity contribution in [3.8, 4) is 0 Å². The summed E-state index contributed by atoms with van der Waals surface area (Å²) in [6, 6.07) is 0. The normalized spacial score (nSPS) is 11.8. The van der Waals surface area contributed by atoms with E-state index < -0.39 is 10.4 Å². The average Bonchev–Trinajstić information content (AvgIpc) is 1.99. The van der Waals surface area contributed by atoms with Crippen molar-refractivity contribution < 1.29 is 16.8 Å². The number of hydrogen-bond acceptors (Lipinski definition) is 4. The van der Waals surface area contributed by atoms with Gasteiger partial charge in [0.2, 0.25) is 0 Å². The predicted molar refractivity (Wildman–Crippen MR) is 41.4 cm³/mol. The summed E-state index contributed by atoms with van der Waals surface area (Å²) in [6.07, 6.45) is 2.76. The van der Waals surface area contributed by atoms with Gasteiger partial charge in [-0.15, -0.1) is 0 Å². The Morgan fingerprint density at radius 1 is 1.27 bits per heavy atom. The summed E-state index contributed by atoms with van der Waals surface area (Å²) in [7, 11) is -2.62. The van der Waals surface area contributed by atoms with E-state index in [1.807, 2.05) is 6.92 Å². The SMILES string of the molecule is CCCCCOS(=O)(=O)OC. The van der Waals surface area contributed by atoms with Crippen LogP contribution in [-0.4, -0.2) is 22.1 Å². The molecule has 0 unspecified atom stereocenters. The molecule has 0 radical (unpaired) electrons. The standard InChI is InChI=1S/C6H14O4S/c1-3-4-5-6-10-11(7,8)9-2/h3-6H2,1-2H3. The quantitative estimate of drug-likeness (QED) is 0.577. The third kappa shape index (κ3) is 6.28. The van der Waals surface area contributed by atoms with Crippen LogP contribution < -0.4 is 0 Å². The van der Waals surface area contributed by atoms with Crippen molar-refractivity contribution in [2.24, 2.45) is 0 Å². The number of unbranched alkanes of at least 4 members (excludes halogenated alkanes) is 2. The molecule has 0 N–H and O–H groups in total. The van der Waals surface area contributed by atoms with Gasteiger partial charge in [-0.25, -0.2) is 4.18 Å². The molecular weight excluding hydrogens is 168 g/mol. The summed E-state index contributed by atoms with van der Waals surface area (Å²) in [5, 5.41) is 0. The lowest BCUT2D eigenvalue weighted by Crippen LogP contribution is -2.08. The Labute approximate surface area is 67.8 Å². The number of hydrogen-bond donors (Lipinski definition) is 0. The fraction of sp³-hybridized carbons (Fsp3) is 1.00. The van der Waals surface area contributed by atoms with Gasteiger partial charge < -0.3 is 0 Å². The molecule has 0 atom stereocenters. The van der Waals surface area contributed by atoms with Crippen LogP contribution in [0.5, 0.6) is 0 Å². The molecule has 0 heterocycles. The number of rotatable bonds is 6. The lowest BCUT2D eigenvalue weighted by Gasteiger charge is -2.00. The van der Waals surface area contributed by atoms with E-state index in [1.165, 1.54) is 0 Å². The monoisotopic (exact) mass is 182 g/mol. The molecule has 0 aliphatic heterocycles. The van der Waals surface area contributed by atoms with E-state index in [9.17, 15) is 8.42 Å². The molecule has 0 aliphatic carbocycles. The second-order valence-electron chi connectivity index (χ2n) is 2.10. The highest BCUT2D eigenvalue weighted by Gasteiger charge is 2.06. The van der Waals surface area contributed by atoms with Crippen molar-refractivity contribution in [3.63, 3.8) is 0 Å². The molecule has 11 heavy (non-hydrogen) atoms. The van der Waals surface area contributed by atoms with Gasteiger partial charge in [0.15, 0.2) is 0 Å². The Balaban J connectivity index is 3.39. The Morgan fingerprint density at radius 2 is 1.91 bits per heavy atom. The van der Waals surface area contributed by atoms with Gasteiger partial charge in [-0.3, -0.25) is 4.18 Å². The Kier molecular flexibility index (Phi) is 5.45. The Bertz CT molecular complexity index is 173. The van der Waals surface area contributed by atoms with E-state index in [2.05, 4.69) is 8.37 Å². The molecule has 0 bridgehead atoms. The third-order valence-corrected chi connectivity index (χ3v) is 2.04. The molecule has 5 heteroatoms. The molecule has 68 valence electrons. The van der Waals surface area contributed by atoms with Crippen LogP contribution in [0, 0.1) is 0 Å². The molecule has 0 amide bonds. The topological polar surface area (TPSA) is 52.6 Å². The van der Waals surface area contributed by atoms with Crippen LogP contribution in [-0.2, 0) is 18.8 Å². The molecule has 0 spiro atoms. The van der Waals surface area contributed by atoms with E-state index in [1.54, 1.807) is 0 Å². The van der Waals surface area contributed by atoms with Gasteiger partial charge >= 0.3 is 10.4 Å². The zero-order valence-corrected chi connectivity index (χ0v) is 7.69. The maximum Gasteiger partial charge on any atom is 0.399 e. The molecule has 0 aromatic rings. The van der Waals surface area contributed by atoms with E-state index in [0.29, 0.717) is 0 Å². The van der Waals surface area contributed by atoms with Crippen molar-refractivity contribution in [2.75, 3.05) is 13.7 Å². The Morgan fingerprint density at radius 3 is 2.36 bits per heavy atom. The van der Waals surface area contributed by atoms with Gasteiger partial charge in [-0.2, -0.15) is 8.42 Å². The lowest BCUT2D eigenvalue weighted by atomic mass is 10.3. The first-order valence-corrected chi connectivity index (χ1v) is 4.90. The maximum absolute atomic E-state index is 10.5. The Hall–Kier alpha value is -0.130. The van der Waals surface area contributed by atoms with Crippen molar-refractivity contribution in [1.82, 2.24) is 0 Å². The largest absolute Gasteiger partial charge is 0.399 e. The molecule has 0 saturated carbocycles.